The molecule has 1 amide bonds. The maximum atomic E-state index is 13.7. The van der Waals surface area contributed by atoms with E-state index < -0.39 is 23.2 Å². The Kier molecular flexibility index (Phi) is 7.25. The lowest BCUT2D eigenvalue weighted by atomic mass is 10.0. The van der Waals surface area contributed by atoms with E-state index in [1.807, 2.05) is 0 Å². The third-order valence-electron chi connectivity index (χ3n) is 4.34. The van der Waals surface area contributed by atoms with Crippen LogP contribution in [-0.4, -0.2) is 22.5 Å². The van der Waals surface area contributed by atoms with Gasteiger partial charge in [0.15, 0.2) is 0 Å². The Bertz CT molecular complexity index is 1150. The number of terminal acetylenes is 1. The maximum absolute atomic E-state index is 13.7. The summed E-state index contributed by atoms with van der Waals surface area (Å²) < 4.78 is 19.6. The molecule has 2 aromatic rings. The molecule has 0 aliphatic rings. The molecule has 0 spiro atoms. The average Bonchev–Trinajstić information content (AvgIpc) is 2.68. The number of carbonyl (C=O) groups excluding carboxylic acids is 1. The van der Waals surface area contributed by atoms with E-state index in [-0.39, 0.29) is 22.9 Å². The van der Waals surface area contributed by atoms with E-state index in [1.54, 1.807) is 25.1 Å². The number of halogens is 2. The molecule has 7 heteroatoms. The van der Waals surface area contributed by atoms with Crippen molar-refractivity contribution >= 4 is 35.6 Å². The zero-order chi connectivity index (χ0) is 22.5. The number of nitrogens with one attached hydrogen (secondary N) is 1. The van der Waals surface area contributed by atoms with Gasteiger partial charge in [-0.15, -0.1) is 6.42 Å². The molecule has 0 unspecified atom stereocenters. The number of ether oxygens (including phenoxy) is 1. The zero-order valence-electron chi connectivity index (χ0n) is 16.8. The van der Waals surface area contributed by atoms with Crippen LogP contribution in [-0.2, 0) is 11.4 Å². The number of carbonyl (C=O) groups is 2. The van der Waals surface area contributed by atoms with E-state index in [1.165, 1.54) is 38.1 Å². The standard InChI is InChI=1S/C23H21ClFNO4/c1-5-7-16-15(6-2)9-10-17(21(27)26-23(3,4)22(28)29)20(16)30-13-14-8-11-18(24)19(25)12-14/h1,6-12H,13H2,2-4H3,(H,26,27)(H,28,29)/b15-6-,16-7+. The monoisotopic (exact) mass is 429 g/mol. The summed E-state index contributed by atoms with van der Waals surface area (Å²) in [7, 11) is 0. The molecule has 5 nitrogen and oxygen atoms in total. The molecular formula is C23H21ClFNO4. The number of amides is 1. The van der Waals surface area contributed by atoms with Crippen LogP contribution in [0.1, 0.15) is 36.7 Å². The molecule has 0 radical (unpaired) electrons. The normalized spacial score (nSPS) is 12.4. The molecule has 0 aromatic heterocycles. The van der Waals surface area contributed by atoms with Crippen LogP contribution < -0.4 is 20.5 Å². The maximum Gasteiger partial charge on any atom is 0.328 e. The number of rotatable bonds is 6. The number of hydrogen-bond donors (Lipinski definition) is 2. The van der Waals surface area contributed by atoms with Crippen molar-refractivity contribution in [1.82, 2.24) is 5.32 Å². The largest absolute Gasteiger partial charge is 0.487 e. The van der Waals surface area contributed by atoms with E-state index in [9.17, 15) is 19.1 Å². The smallest absolute Gasteiger partial charge is 0.328 e. The Morgan fingerprint density at radius 3 is 2.60 bits per heavy atom. The molecule has 156 valence electrons. The molecule has 0 fully saturated rings. The fraction of sp³-hybridized carbons (Fsp3) is 0.217. The topological polar surface area (TPSA) is 75.6 Å². The molecule has 2 aromatic carbocycles. The molecule has 0 saturated carbocycles. The van der Waals surface area contributed by atoms with Crippen molar-refractivity contribution in [3.63, 3.8) is 0 Å². The van der Waals surface area contributed by atoms with Gasteiger partial charge in [-0.1, -0.05) is 35.7 Å². The van der Waals surface area contributed by atoms with Gasteiger partial charge in [-0.3, -0.25) is 4.79 Å². The van der Waals surface area contributed by atoms with Gasteiger partial charge in [-0.05, 0) is 55.8 Å². The Balaban J connectivity index is 2.55. The van der Waals surface area contributed by atoms with Crippen LogP contribution in [0.25, 0.3) is 12.2 Å². The first-order valence-electron chi connectivity index (χ1n) is 8.99. The van der Waals surface area contributed by atoms with Crippen LogP contribution in [0.2, 0.25) is 5.02 Å². The Hall–Kier alpha value is -3.30. The number of hydrogen-bond acceptors (Lipinski definition) is 3. The third-order valence-corrected chi connectivity index (χ3v) is 4.65. The van der Waals surface area contributed by atoms with Gasteiger partial charge in [-0.25, -0.2) is 9.18 Å². The van der Waals surface area contributed by atoms with Crippen LogP contribution in [0, 0.1) is 18.2 Å². The summed E-state index contributed by atoms with van der Waals surface area (Å²) in [5, 5.41) is 12.9. The van der Waals surface area contributed by atoms with E-state index in [4.69, 9.17) is 22.8 Å². The number of carboxylic acid groups (broad SMARTS) is 1. The minimum Gasteiger partial charge on any atom is -0.487 e. The summed E-state index contributed by atoms with van der Waals surface area (Å²) in [5.74, 6) is 0.155. The molecule has 0 aliphatic heterocycles. The number of benzene rings is 2. The fourth-order valence-corrected chi connectivity index (χ4v) is 2.74. The summed E-state index contributed by atoms with van der Waals surface area (Å²) in [6.07, 6.45) is 8.69. The minimum absolute atomic E-state index is 0.0151. The highest BCUT2D eigenvalue weighted by atomic mass is 35.5. The molecule has 0 saturated heterocycles. The van der Waals surface area contributed by atoms with Gasteiger partial charge < -0.3 is 15.2 Å². The van der Waals surface area contributed by atoms with Crippen molar-refractivity contribution in [3.8, 4) is 18.1 Å². The first-order chi connectivity index (χ1) is 14.1. The van der Waals surface area contributed by atoms with E-state index in [2.05, 4.69) is 11.2 Å². The van der Waals surface area contributed by atoms with E-state index >= 15 is 0 Å². The summed E-state index contributed by atoms with van der Waals surface area (Å²) in [4.78, 5) is 24.2. The SMILES string of the molecule is C#C/C=c1/c(OCc2ccc(Cl)c(F)c2)c(C(=O)NC(C)(C)C(=O)O)cc/c1=C/C. The summed E-state index contributed by atoms with van der Waals surface area (Å²) in [6, 6.07) is 7.44. The van der Waals surface area contributed by atoms with Crippen molar-refractivity contribution in [3.05, 3.63) is 62.7 Å². The Morgan fingerprint density at radius 2 is 2.03 bits per heavy atom. The molecule has 0 bridgehead atoms. The lowest BCUT2D eigenvalue weighted by molar-refractivity contribution is -0.143. The van der Waals surface area contributed by atoms with Crippen LogP contribution in [0.4, 0.5) is 4.39 Å². The third kappa shape index (κ3) is 5.19. The average molecular weight is 430 g/mol. The zero-order valence-corrected chi connectivity index (χ0v) is 17.5. The highest BCUT2D eigenvalue weighted by Gasteiger charge is 2.30. The molecule has 0 aliphatic carbocycles. The number of carboxylic acids is 1. The van der Waals surface area contributed by atoms with E-state index in [0.29, 0.717) is 10.8 Å². The summed E-state index contributed by atoms with van der Waals surface area (Å²) >= 11 is 5.71. The van der Waals surface area contributed by atoms with Crippen molar-refractivity contribution in [2.75, 3.05) is 0 Å². The summed E-state index contributed by atoms with van der Waals surface area (Å²) in [5.41, 5.74) is -0.906. The number of aliphatic carboxylic acids is 1. The van der Waals surface area contributed by atoms with Crippen molar-refractivity contribution < 1.29 is 23.8 Å². The Morgan fingerprint density at radius 1 is 1.33 bits per heavy atom. The van der Waals surface area contributed by atoms with Crippen molar-refractivity contribution in [2.24, 2.45) is 0 Å². The van der Waals surface area contributed by atoms with Gasteiger partial charge >= 0.3 is 5.97 Å². The Labute approximate surface area is 178 Å². The minimum atomic E-state index is -1.50. The van der Waals surface area contributed by atoms with Gasteiger partial charge in [0.05, 0.1) is 10.6 Å². The molecule has 2 N–H and O–H groups in total. The lowest BCUT2D eigenvalue weighted by Gasteiger charge is -2.22. The molecule has 0 atom stereocenters. The molecule has 0 heterocycles. The predicted octanol–water partition coefficient (Wildman–Crippen LogP) is 2.87. The van der Waals surface area contributed by atoms with Crippen molar-refractivity contribution in [2.45, 2.75) is 32.9 Å². The van der Waals surface area contributed by atoms with Gasteiger partial charge in [0.1, 0.15) is 23.7 Å². The van der Waals surface area contributed by atoms with Gasteiger partial charge in [0.25, 0.3) is 5.91 Å². The molecule has 2 rings (SSSR count). The first-order valence-corrected chi connectivity index (χ1v) is 9.36. The highest BCUT2D eigenvalue weighted by Crippen LogP contribution is 2.19. The lowest BCUT2D eigenvalue weighted by Crippen LogP contribution is -2.50. The summed E-state index contributed by atoms with van der Waals surface area (Å²) in [6.45, 7) is 4.48. The van der Waals surface area contributed by atoms with Crippen LogP contribution in [0.15, 0.2) is 30.3 Å². The van der Waals surface area contributed by atoms with E-state index in [0.717, 1.165) is 5.22 Å². The molecule has 30 heavy (non-hydrogen) atoms. The van der Waals surface area contributed by atoms with Crippen LogP contribution in [0.3, 0.4) is 0 Å². The first kappa shape index (κ1) is 23.0. The van der Waals surface area contributed by atoms with Crippen LogP contribution in [0.5, 0.6) is 5.75 Å². The van der Waals surface area contributed by atoms with Crippen LogP contribution >= 0.6 is 11.6 Å². The fourth-order valence-electron chi connectivity index (χ4n) is 2.62. The molecular weight excluding hydrogens is 409 g/mol. The quantitative estimate of drug-likeness (QED) is 0.692. The van der Waals surface area contributed by atoms with Crippen molar-refractivity contribution in [1.29, 1.82) is 0 Å². The highest BCUT2D eigenvalue weighted by molar-refractivity contribution is 6.30. The van der Waals surface area contributed by atoms with Gasteiger partial charge in [0.2, 0.25) is 0 Å². The van der Waals surface area contributed by atoms with Gasteiger partial charge in [0, 0.05) is 5.22 Å². The van der Waals surface area contributed by atoms with Gasteiger partial charge in [-0.2, -0.15) is 0 Å². The second-order valence-electron chi connectivity index (χ2n) is 6.97. The second-order valence-corrected chi connectivity index (χ2v) is 7.37. The second kappa shape index (κ2) is 9.47. The predicted molar refractivity (Wildman–Crippen MR) is 114 cm³/mol.